The number of pyridine rings is 1. The molecule has 0 spiro atoms. The monoisotopic (exact) mass is 297 g/mol. The van der Waals surface area contributed by atoms with Crippen molar-refractivity contribution in [1.82, 2.24) is 15.3 Å². The molecule has 0 atom stereocenters. The van der Waals surface area contributed by atoms with Crippen molar-refractivity contribution in [2.24, 2.45) is 0 Å². The van der Waals surface area contributed by atoms with Crippen LogP contribution in [0.25, 0.3) is 22.2 Å². The second kappa shape index (κ2) is 4.60. The lowest BCUT2D eigenvalue weighted by molar-refractivity contribution is 0.0946. The molecule has 0 unspecified atom stereocenters. The molecule has 21 heavy (non-hydrogen) atoms. The van der Waals surface area contributed by atoms with Crippen LogP contribution in [0.4, 0.5) is 0 Å². The lowest BCUT2D eigenvalue weighted by Gasteiger charge is -2.17. The summed E-state index contributed by atoms with van der Waals surface area (Å²) < 4.78 is 0. The first-order valence-electron chi connectivity index (χ1n) is 6.77. The van der Waals surface area contributed by atoms with E-state index >= 15 is 0 Å². The number of aromatic amines is 1. The molecule has 1 aliphatic rings. The minimum Gasteiger partial charge on any atom is -0.352 e. The van der Waals surface area contributed by atoms with Gasteiger partial charge < -0.3 is 10.3 Å². The normalized spacial score (nSPS) is 14.0. The molecule has 3 aromatic rings. The summed E-state index contributed by atoms with van der Waals surface area (Å²) in [5.41, 5.74) is 4.79. The Bertz CT molecular complexity index is 869. The predicted molar refractivity (Wildman–Crippen MR) is 82.6 cm³/mol. The van der Waals surface area contributed by atoms with Crippen molar-refractivity contribution in [2.75, 3.05) is 6.54 Å². The maximum atomic E-state index is 11.8. The zero-order valence-electron chi connectivity index (χ0n) is 11.1. The highest BCUT2D eigenvalue weighted by atomic mass is 35.5. The van der Waals surface area contributed by atoms with Crippen LogP contribution in [0.3, 0.4) is 0 Å². The molecule has 0 bridgehead atoms. The van der Waals surface area contributed by atoms with Crippen molar-refractivity contribution in [3.05, 3.63) is 52.8 Å². The van der Waals surface area contributed by atoms with Crippen LogP contribution < -0.4 is 5.32 Å². The van der Waals surface area contributed by atoms with Gasteiger partial charge in [0.2, 0.25) is 0 Å². The summed E-state index contributed by atoms with van der Waals surface area (Å²) in [5, 5.41) is 4.36. The van der Waals surface area contributed by atoms with Crippen LogP contribution in [-0.2, 0) is 6.42 Å². The van der Waals surface area contributed by atoms with E-state index in [4.69, 9.17) is 11.6 Å². The van der Waals surface area contributed by atoms with Crippen molar-refractivity contribution in [3.63, 3.8) is 0 Å². The van der Waals surface area contributed by atoms with E-state index in [0.717, 1.165) is 39.7 Å². The number of hydrogen-bond donors (Lipinski definition) is 2. The lowest BCUT2D eigenvalue weighted by atomic mass is 9.95. The molecule has 0 saturated carbocycles. The minimum atomic E-state index is 0.00942. The summed E-state index contributed by atoms with van der Waals surface area (Å²) >= 11 is 5.91. The van der Waals surface area contributed by atoms with Crippen LogP contribution in [0.1, 0.15) is 15.9 Å². The van der Waals surface area contributed by atoms with Crippen LogP contribution >= 0.6 is 11.6 Å². The first-order valence-corrected chi connectivity index (χ1v) is 7.15. The predicted octanol–water partition coefficient (Wildman–Crippen LogP) is 3.17. The molecule has 104 valence electrons. The number of amides is 1. The van der Waals surface area contributed by atoms with Gasteiger partial charge in [0.25, 0.3) is 5.91 Å². The SMILES string of the molecule is O=C1NCCc2cc(-c3c[nH]c4nc(Cl)ccc34)ccc21. The highest BCUT2D eigenvalue weighted by Gasteiger charge is 2.17. The Kier molecular flexibility index (Phi) is 2.72. The number of H-pyrrole nitrogens is 1. The molecule has 1 amide bonds. The van der Waals surface area contributed by atoms with Crippen molar-refractivity contribution in [1.29, 1.82) is 0 Å². The second-order valence-electron chi connectivity index (χ2n) is 5.11. The van der Waals surface area contributed by atoms with Gasteiger partial charge in [-0.2, -0.15) is 0 Å². The number of carbonyl (C=O) groups is 1. The molecule has 2 N–H and O–H groups in total. The van der Waals surface area contributed by atoms with Crippen molar-refractivity contribution in [2.45, 2.75) is 6.42 Å². The molecule has 4 nitrogen and oxygen atoms in total. The summed E-state index contributed by atoms with van der Waals surface area (Å²) in [6.45, 7) is 0.695. The maximum Gasteiger partial charge on any atom is 0.251 e. The van der Waals surface area contributed by atoms with Crippen molar-refractivity contribution < 1.29 is 4.79 Å². The molecular weight excluding hydrogens is 286 g/mol. The van der Waals surface area contributed by atoms with E-state index in [1.165, 1.54) is 0 Å². The molecule has 1 aliphatic heterocycles. The van der Waals surface area contributed by atoms with Crippen LogP contribution in [0.2, 0.25) is 5.15 Å². The molecule has 4 rings (SSSR count). The molecular formula is C16H12ClN3O. The van der Waals surface area contributed by atoms with Gasteiger partial charge in [-0.3, -0.25) is 4.79 Å². The van der Waals surface area contributed by atoms with Crippen LogP contribution in [0.5, 0.6) is 0 Å². The van der Waals surface area contributed by atoms with Gasteiger partial charge in [-0.25, -0.2) is 4.98 Å². The number of benzene rings is 1. The van der Waals surface area contributed by atoms with Crippen LogP contribution in [-0.4, -0.2) is 22.4 Å². The molecule has 0 radical (unpaired) electrons. The molecule has 0 aliphatic carbocycles. The number of fused-ring (bicyclic) bond motifs is 2. The summed E-state index contributed by atoms with van der Waals surface area (Å²) in [7, 11) is 0. The standard InChI is InChI=1S/C16H12ClN3O/c17-14-4-3-12-13(8-19-15(12)20-14)9-1-2-11-10(7-9)5-6-18-16(11)21/h1-4,7-8H,5-6H2,(H,18,21)(H,19,20). The van der Waals surface area contributed by atoms with E-state index < -0.39 is 0 Å². The fourth-order valence-electron chi connectivity index (χ4n) is 2.82. The number of nitrogens with zero attached hydrogens (tertiary/aromatic N) is 1. The van der Waals surface area contributed by atoms with Crippen LogP contribution in [0.15, 0.2) is 36.5 Å². The number of hydrogen-bond acceptors (Lipinski definition) is 2. The fourth-order valence-corrected chi connectivity index (χ4v) is 2.96. The highest BCUT2D eigenvalue weighted by Crippen LogP contribution is 2.30. The number of halogens is 1. The van der Waals surface area contributed by atoms with Crippen molar-refractivity contribution >= 4 is 28.5 Å². The van der Waals surface area contributed by atoms with Gasteiger partial charge in [-0.1, -0.05) is 23.7 Å². The third-order valence-electron chi connectivity index (χ3n) is 3.85. The summed E-state index contributed by atoms with van der Waals surface area (Å²) in [6, 6.07) is 9.70. The van der Waals surface area contributed by atoms with E-state index in [1.807, 2.05) is 24.4 Å². The summed E-state index contributed by atoms with van der Waals surface area (Å²) in [5.74, 6) is 0.00942. The molecule has 0 fully saturated rings. The first kappa shape index (κ1) is 12.4. The number of carbonyl (C=O) groups excluding carboxylic acids is 1. The smallest absolute Gasteiger partial charge is 0.251 e. The average Bonchev–Trinajstić information content (AvgIpc) is 2.90. The first-order chi connectivity index (χ1) is 10.2. The number of nitrogens with one attached hydrogen (secondary N) is 2. The van der Waals surface area contributed by atoms with Crippen molar-refractivity contribution in [3.8, 4) is 11.1 Å². The summed E-state index contributed by atoms with van der Waals surface area (Å²) in [6.07, 6.45) is 2.79. The highest BCUT2D eigenvalue weighted by molar-refractivity contribution is 6.29. The van der Waals surface area contributed by atoms with Gasteiger partial charge >= 0.3 is 0 Å². The Hall–Kier alpha value is -2.33. The zero-order valence-corrected chi connectivity index (χ0v) is 11.9. The Morgan fingerprint density at radius 2 is 2.05 bits per heavy atom. The third-order valence-corrected chi connectivity index (χ3v) is 4.06. The van der Waals surface area contributed by atoms with E-state index in [9.17, 15) is 4.79 Å². The second-order valence-corrected chi connectivity index (χ2v) is 5.50. The Morgan fingerprint density at radius 1 is 1.14 bits per heavy atom. The Morgan fingerprint density at radius 3 is 2.95 bits per heavy atom. The number of rotatable bonds is 1. The van der Waals surface area contributed by atoms with Gasteiger partial charge in [0.1, 0.15) is 10.8 Å². The van der Waals surface area contributed by atoms with Gasteiger partial charge in [0.15, 0.2) is 0 Å². The third kappa shape index (κ3) is 1.99. The van der Waals surface area contributed by atoms with E-state index in [1.54, 1.807) is 6.07 Å². The van der Waals surface area contributed by atoms with E-state index in [2.05, 4.69) is 21.4 Å². The molecule has 5 heteroatoms. The Balaban J connectivity index is 1.87. The minimum absolute atomic E-state index is 0.00942. The Labute approximate surface area is 126 Å². The van der Waals surface area contributed by atoms with Gasteiger partial charge in [-0.15, -0.1) is 0 Å². The van der Waals surface area contributed by atoms with Crippen LogP contribution in [0, 0.1) is 0 Å². The van der Waals surface area contributed by atoms with Gasteiger partial charge in [0.05, 0.1) is 0 Å². The average molecular weight is 298 g/mol. The van der Waals surface area contributed by atoms with Gasteiger partial charge in [-0.05, 0) is 35.7 Å². The van der Waals surface area contributed by atoms with E-state index in [0.29, 0.717) is 11.7 Å². The quantitative estimate of drug-likeness (QED) is 0.678. The molecule has 0 saturated heterocycles. The maximum absolute atomic E-state index is 11.8. The summed E-state index contributed by atoms with van der Waals surface area (Å²) in [4.78, 5) is 19.2. The fraction of sp³-hybridized carbons (Fsp3) is 0.125. The lowest BCUT2D eigenvalue weighted by Crippen LogP contribution is -2.31. The zero-order chi connectivity index (χ0) is 14.4. The molecule has 1 aromatic carbocycles. The topological polar surface area (TPSA) is 57.8 Å². The molecule has 2 aromatic heterocycles. The van der Waals surface area contributed by atoms with Gasteiger partial charge in [0, 0.05) is 29.3 Å². The van der Waals surface area contributed by atoms with E-state index in [-0.39, 0.29) is 5.91 Å². The molecule has 3 heterocycles. The largest absolute Gasteiger partial charge is 0.352 e. The number of aromatic nitrogens is 2.